The SMILES string of the molecule is COc1ccc(NCc2ccc[nH]2)cc1Cl. The molecule has 0 fully saturated rings. The number of ether oxygens (including phenoxy) is 1. The van der Waals surface area contributed by atoms with Crippen LogP contribution in [0.2, 0.25) is 5.02 Å². The molecule has 4 heteroatoms. The first kappa shape index (κ1) is 10.9. The topological polar surface area (TPSA) is 37.0 Å². The molecule has 0 unspecified atom stereocenters. The largest absolute Gasteiger partial charge is 0.495 e. The number of hydrogen-bond acceptors (Lipinski definition) is 2. The zero-order valence-corrected chi connectivity index (χ0v) is 9.71. The molecule has 0 amide bonds. The van der Waals surface area contributed by atoms with E-state index in [0.29, 0.717) is 10.8 Å². The fourth-order valence-corrected chi connectivity index (χ4v) is 1.71. The van der Waals surface area contributed by atoms with Crippen molar-refractivity contribution in [1.29, 1.82) is 0 Å². The summed E-state index contributed by atoms with van der Waals surface area (Å²) >= 11 is 6.02. The molecule has 1 heterocycles. The zero-order valence-electron chi connectivity index (χ0n) is 8.96. The maximum atomic E-state index is 6.02. The van der Waals surface area contributed by atoms with Gasteiger partial charge < -0.3 is 15.0 Å². The summed E-state index contributed by atoms with van der Waals surface area (Å²) in [6, 6.07) is 9.63. The van der Waals surface area contributed by atoms with Gasteiger partial charge in [-0.05, 0) is 30.3 Å². The standard InChI is InChI=1S/C12H13ClN2O/c1-16-12-5-4-9(7-11(12)13)15-8-10-3-2-6-14-10/h2-7,14-15H,8H2,1H3. The first-order valence-corrected chi connectivity index (χ1v) is 5.37. The zero-order chi connectivity index (χ0) is 11.4. The van der Waals surface area contributed by atoms with Crippen molar-refractivity contribution in [1.82, 2.24) is 4.98 Å². The second-order valence-electron chi connectivity index (χ2n) is 3.40. The Morgan fingerprint density at radius 1 is 1.38 bits per heavy atom. The average molecular weight is 237 g/mol. The maximum absolute atomic E-state index is 6.02. The molecule has 84 valence electrons. The summed E-state index contributed by atoms with van der Waals surface area (Å²) in [5.74, 6) is 0.687. The maximum Gasteiger partial charge on any atom is 0.137 e. The number of aromatic nitrogens is 1. The Kier molecular flexibility index (Phi) is 3.37. The molecule has 0 radical (unpaired) electrons. The second-order valence-corrected chi connectivity index (χ2v) is 3.81. The molecule has 0 saturated heterocycles. The summed E-state index contributed by atoms with van der Waals surface area (Å²) < 4.78 is 5.08. The third kappa shape index (κ3) is 2.49. The molecule has 2 rings (SSSR count). The number of rotatable bonds is 4. The minimum atomic E-state index is 0.610. The first-order valence-electron chi connectivity index (χ1n) is 4.99. The smallest absolute Gasteiger partial charge is 0.137 e. The lowest BCUT2D eigenvalue weighted by molar-refractivity contribution is 0.415. The monoisotopic (exact) mass is 236 g/mol. The Labute approximate surface area is 99.4 Å². The van der Waals surface area contributed by atoms with Crippen molar-refractivity contribution in [2.24, 2.45) is 0 Å². The van der Waals surface area contributed by atoms with Crippen molar-refractivity contribution in [2.45, 2.75) is 6.54 Å². The van der Waals surface area contributed by atoms with Crippen LogP contribution in [0.1, 0.15) is 5.69 Å². The number of halogens is 1. The number of hydrogen-bond donors (Lipinski definition) is 2. The predicted molar refractivity (Wildman–Crippen MR) is 66.1 cm³/mol. The van der Waals surface area contributed by atoms with Crippen LogP contribution in [-0.2, 0) is 6.54 Å². The molecular formula is C12H13ClN2O. The van der Waals surface area contributed by atoms with Crippen LogP contribution >= 0.6 is 11.6 Å². The van der Waals surface area contributed by atoms with Gasteiger partial charge in [0.1, 0.15) is 5.75 Å². The highest BCUT2D eigenvalue weighted by Crippen LogP contribution is 2.27. The molecule has 0 bridgehead atoms. The highest BCUT2D eigenvalue weighted by atomic mass is 35.5. The summed E-state index contributed by atoms with van der Waals surface area (Å²) in [6.45, 7) is 0.746. The van der Waals surface area contributed by atoms with E-state index in [1.54, 1.807) is 7.11 Å². The summed E-state index contributed by atoms with van der Waals surface area (Å²) in [5.41, 5.74) is 2.10. The number of methoxy groups -OCH3 is 1. The van der Waals surface area contributed by atoms with E-state index in [-0.39, 0.29) is 0 Å². The number of anilines is 1. The van der Waals surface area contributed by atoms with E-state index in [1.807, 2.05) is 36.5 Å². The highest BCUT2D eigenvalue weighted by Gasteiger charge is 2.01. The molecule has 1 aromatic carbocycles. The van der Waals surface area contributed by atoms with Gasteiger partial charge in [0.2, 0.25) is 0 Å². The molecule has 2 aromatic rings. The third-order valence-corrected chi connectivity index (χ3v) is 2.59. The molecule has 0 atom stereocenters. The number of benzene rings is 1. The van der Waals surface area contributed by atoms with Gasteiger partial charge in [-0.1, -0.05) is 11.6 Å². The summed E-state index contributed by atoms with van der Waals surface area (Å²) in [7, 11) is 1.60. The van der Waals surface area contributed by atoms with Crippen molar-refractivity contribution in [3.05, 3.63) is 47.2 Å². The van der Waals surface area contributed by atoms with E-state index in [4.69, 9.17) is 16.3 Å². The predicted octanol–water partition coefficient (Wildman–Crippen LogP) is 3.29. The summed E-state index contributed by atoms with van der Waals surface area (Å²) in [4.78, 5) is 3.12. The molecule has 0 spiro atoms. The Morgan fingerprint density at radius 3 is 2.88 bits per heavy atom. The van der Waals surface area contributed by atoms with Gasteiger partial charge in [0.15, 0.2) is 0 Å². The van der Waals surface area contributed by atoms with Crippen LogP contribution in [-0.4, -0.2) is 12.1 Å². The van der Waals surface area contributed by atoms with Crippen LogP contribution < -0.4 is 10.1 Å². The fourth-order valence-electron chi connectivity index (χ4n) is 1.45. The van der Waals surface area contributed by atoms with Crippen LogP contribution in [0.5, 0.6) is 5.75 Å². The van der Waals surface area contributed by atoms with Gasteiger partial charge in [-0.15, -0.1) is 0 Å². The minimum Gasteiger partial charge on any atom is -0.495 e. The molecule has 0 saturated carbocycles. The Bertz CT molecular complexity index is 454. The Morgan fingerprint density at radius 2 is 2.25 bits per heavy atom. The van der Waals surface area contributed by atoms with E-state index < -0.39 is 0 Å². The lowest BCUT2D eigenvalue weighted by Crippen LogP contribution is -1.99. The minimum absolute atomic E-state index is 0.610. The van der Waals surface area contributed by atoms with Gasteiger partial charge in [-0.25, -0.2) is 0 Å². The average Bonchev–Trinajstić information content (AvgIpc) is 2.79. The molecule has 0 aliphatic rings. The van der Waals surface area contributed by atoms with Gasteiger partial charge in [-0.2, -0.15) is 0 Å². The second kappa shape index (κ2) is 4.94. The fraction of sp³-hybridized carbons (Fsp3) is 0.167. The van der Waals surface area contributed by atoms with Crippen LogP contribution in [0.25, 0.3) is 0 Å². The number of aromatic amines is 1. The van der Waals surface area contributed by atoms with Gasteiger partial charge in [0, 0.05) is 17.6 Å². The number of nitrogens with one attached hydrogen (secondary N) is 2. The van der Waals surface area contributed by atoms with Crippen LogP contribution in [0, 0.1) is 0 Å². The van der Waals surface area contributed by atoms with Gasteiger partial charge in [0.25, 0.3) is 0 Å². The molecule has 1 aromatic heterocycles. The van der Waals surface area contributed by atoms with Gasteiger partial charge in [0.05, 0.1) is 18.7 Å². The summed E-state index contributed by atoms with van der Waals surface area (Å²) in [6.07, 6.45) is 1.90. The highest BCUT2D eigenvalue weighted by molar-refractivity contribution is 6.32. The molecular weight excluding hydrogens is 224 g/mol. The quantitative estimate of drug-likeness (QED) is 0.855. The Hall–Kier alpha value is -1.61. The van der Waals surface area contributed by atoms with E-state index >= 15 is 0 Å². The first-order chi connectivity index (χ1) is 7.79. The lowest BCUT2D eigenvalue weighted by atomic mass is 10.3. The molecule has 16 heavy (non-hydrogen) atoms. The molecule has 0 aliphatic carbocycles. The Balaban J connectivity index is 2.02. The molecule has 0 aliphatic heterocycles. The lowest BCUT2D eigenvalue weighted by Gasteiger charge is -2.08. The third-order valence-electron chi connectivity index (χ3n) is 2.30. The molecule has 2 N–H and O–H groups in total. The van der Waals surface area contributed by atoms with Crippen molar-refractivity contribution >= 4 is 17.3 Å². The van der Waals surface area contributed by atoms with Crippen molar-refractivity contribution in [3.63, 3.8) is 0 Å². The van der Waals surface area contributed by atoms with E-state index in [1.165, 1.54) is 0 Å². The normalized spacial score (nSPS) is 10.1. The summed E-state index contributed by atoms with van der Waals surface area (Å²) in [5, 5.41) is 3.88. The number of H-pyrrole nitrogens is 1. The van der Waals surface area contributed by atoms with E-state index in [9.17, 15) is 0 Å². The van der Waals surface area contributed by atoms with Crippen molar-refractivity contribution in [2.75, 3.05) is 12.4 Å². The van der Waals surface area contributed by atoms with Crippen LogP contribution in [0.3, 0.4) is 0 Å². The van der Waals surface area contributed by atoms with Crippen LogP contribution in [0.15, 0.2) is 36.5 Å². The molecule has 3 nitrogen and oxygen atoms in total. The van der Waals surface area contributed by atoms with E-state index in [0.717, 1.165) is 17.9 Å². The van der Waals surface area contributed by atoms with Crippen LogP contribution in [0.4, 0.5) is 5.69 Å². The van der Waals surface area contributed by atoms with Gasteiger partial charge >= 0.3 is 0 Å². The van der Waals surface area contributed by atoms with Crippen molar-refractivity contribution in [3.8, 4) is 5.75 Å². The van der Waals surface area contributed by atoms with Gasteiger partial charge in [-0.3, -0.25) is 0 Å². The van der Waals surface area contributed by atoms with Crippen molar-refractivity contribution < 1.29 is 4.74 Å². The van der Waals surface area contributed by atoms with E-state index in [2.05, 4.69) is 10.3 Å².